The summed E-state index contributed by atoms with van der Waals surface area (Å²) >= 11 is 0. The first-order chi connectivity index (χ1) is 9.19. The predicted octanol–water partition coefficient (Wildman–Crippen LogP) is 3.76. The molecule has 1 atom stereocenters. The Hall–Kier alpha value is -1.68. The number of rotatable bonds is 5. The van der Waals surface area contributed by atoms with E-state index in [1.165, 1.54) is 0 Å². The van der Waals surface area contributed by atoms with E-state index in [1.54, 1.807) is 19.2 Å². The van der Waals surface area contributed by atoms with Gasteiger partial charge in [0.1, 0.15) is 5.75 Å². The minimum Gasteiger partial charge on any atom is -0.496 e. The average Bonchev–Trinajstić information content (AvgIpc) is 2.43. The zero-order valence-corrected chi connectivity index (χ0v) is 11.0. The summed E-state index contributed by atoms with van der Waals surface area (Å²) in [6, 6.07) is 9.94. The van der Waals surface area contributed by atoms with E-state index >= 15 is 0 Å². The van der Waals surface area contributed by atoms with Crippen molar-refractivity contribution in [3.05, 3.63) is 42.0 Å². The van der Waals surface area contributed by atoms with Crippen LogP contribution in [0, 0.1) is 0 Å². The predicted molar refractivity (Wildman–Crippen MR) is 72.9 cm³/mol. The van der Waals surface area contributed by atoms with Crippen LogP contribution in [0.5, 0.6) is 5.75 Å². The van der Waals surface area contributed by atoms with Gasteiger partial charge in [-0.15, -0.1) is 0 Å². The van der Waals surface area contributed by atoms with Gasteiger partial charge in [-0.2, -0.15) is 0 Å². The third-order valence-electron chi connectivity index (χ3n) is 3.15. The van der Waals surface area contributed by atoms with Crippen LogP contribution in [0.2, 0.25) is 0 Å². The van der Waals surface area contributed by atoms with Crippen molar-refractivity contribution in [1.29, 1.82) is 0 Å². The number of ether oxygens (including phenoxy) is 1. The largest absolute Gasteiger partial charge is 0.496 e. The highest BCUT2D eigenvalue weighted by Gasteiger charge is 2.23. The molecular weight excluding hydrogens is 248 g/mol. The molecule has 2 rings (SSSR count). The summed E-state index contributed by atoms with van der Waals surface area (Å²) in [5.74, 6) is 0.698. The zero-order valence-electron chi connectivity index (χ0n) is 11.0. The quantitative estimate of drug-likeness (QED) is 0.888. The first-order valence-electron chi connectivity index (χ1n) is 6.26. The molecule has 1 N–H and O–H groups in total. The van der Waals surface area contributed by atoms with Crippen LogP contribution in [0.3, 0.4) is 0 Å². The Bertz CT molecular complexity index is 557. The van der Waals surface area contributed by atoms with E-state index in [2.05, 4.69) is 5.32 Å². The van der Waals surface area contributed by atoms with Crippen molar-refractivity contribution in [2.24, 2.45) is 0 Å². The van der Waals surface area contributed by atoms with E-state index in [9.17, 15) is 8.78 Å². The Kier molecular flexibility index (Phi) is 4.32. The molecule has 0 aromatic heterocycles. The second kappa shape index (κ2) is 5.97. The SMILES string of the molecule is CCNC(c1ccc(OC)c2ccccc12)C(F)F. The minimum absolute atomic E-state index is 0.495. The Morgan fingerprint density at radius 1 is 1.11 bits per heavy atom. The molecular formula is C15H17F2NO. The molecule has 2 aromatic rings. The summed E-state index contributed by atoms with van der Waals surface area (Å²) in [7, 11) is 1.58. The molecule has 102 valence electrons. The summed E-state index contributed by atoms with van der Waals surface area (Å²) in [5, 5.41) is 4.49. The molecule has 0 radical (unpaired) electrons. The van der Waals surface area contributed by atoms with Gasteiger partial charge in [0.2, 0.25) is 0 Å². The number of benzene rings is 2. The number of hydrogen-bond acceptors (Lipinski definition) is 2. The summed E-state index contributed by atoms with van der Waals surface area (Å²) in [6.45, 7) is 2.32. The highest BCUT2D eigenvalue weighted by molar-refractivity contribution is 5.91. The summed E-state index contributed by atoms with van der Waals surface area (Å²) in [5.41, 5.74) is 0.605. The van der Waals surface area contributed by atoms with Crippen LogP contribution < -0.4 is 10.1 Å². The smallest absolute Gasteiger partial charge is 0.257 e. The lowest BCUT2D eigenvalue weighted by atomic mass is 9.98. The lowest BCUT2D eigenvalue weighted by Crippen LogP contribution is -2.27. The highest BCUT2D eigenvalue weighted by Crippen LogP contribution is 2.33. The maximum atomic E-state index is 13.2. The molecule has 19 heavy (non-hydrogen) atoms. The first kappa shape index (κ1) is 13.7. The van der Waals surface area contributed by atoms with E-state index in [-0.39, 0.29) is 0 Å². The van der Waals surface area contributed by atoms with Gasteiger partial charge in [-0.05, 0) is 23.6 Å². The fraction of sp³-hybridized carbons (Fsp3) is 0.333. The van der Waals surface area contributed by atoms with Gasteiger partial charge in [0.25, 0.3) is 6.43 Å². The number of fused-ring (bicyclic) bond motifs is 1. The van der Waals surface area contributed by atoms with E-state index in [1.807, 2.05) is 31.2 Å². The van der Waals surface area contributed by atoms with Gasteiger partial charge >= 0.3 is 0 Å². The van der Waals surface area contributed by atoms with Gasteiger partial charge in [0.05, 0.1) is 13.2 Å². The Morgan fingerprint density at radius 2 is 1.79 bits per heavy atom. The standard InChI is InChI=1S/C15H17F2NO/c1-3-18-14(15(16)17)12-8-9-13(19-2)11-7-5-4-6-10(11)12/h4-9,14-15,18H,3H2,1-2H3. The van der Waals surface area contributed by atoms with Gasteiger partial charge in [-0.3, -0.25) is 0 Å². The lowest BCUT2D eigenvalue weighted by Gasteiger charge is -2.20. The fourth-order valence-electron chi connectivity index (χ4n) is 2.30. The summed E-state index contributed by atoms with van der Waals surface area (Å²) in [6.07, 6.45) is -2.45. The molecule has 2 aromatic carbocycles. The van der Waals surface area contributed by atoms with E-state index in [0.29, 0.717) is 17.9 Å². The van der Waals surface area contributed by atoms with Crippen molar-refractivity contribution in [3.63, 3.8) is 0 Å². The Morgan fingerprint density at radius 3 is 2.37 bits per heavy atom. The van der Waals surface area contributed by atoms with Crippen LogP contribution >= 0.6 is 0 Å². The molecule has 0 bridgehead atoms. The lowest BCUT2D eigenvalue weighted by molar-refractivity contribution is 0.0999. The van der Waals surface area contributed by atoms with Gasteiger partial charge in [-0.1, -0.05) is 37.3 Å². The van der Waals surface area contributed by atoms with Crippen LogP contribution in [0.15, 0.2) is 36.4 Å². The number of methoxy groups -OCH3 is 1. The van der Waals surface area contributed by atoms with Crippen molar-refractivity contribution in [2.75, 3.05) is 13.7 Å². The first-order valence-corrected chi connectivity index (χ1v) is 6.26. The molecule has 0 amide bonds. The Labute approximate surface area is 111 Å². The molecule has 0 aliphatic rings. The monoisotopic (exact) mass is 265 g/mol. The molecule has 0 saturated heterocycles. The maximum absolute atomic E-state index is 13.2. The molecule has 0 heterocycles. The molecule has 0 saturated carbocycles. The molecule has 2 nitrogen and oxygen atoms in total. The third kappa shape index (κ3) is 2.68. The second-order valence-electron chi connectivity index (χ2n) is 4.27. The number of halogens is 2. The second-order valence-corrected chi connectivity index (χ2v) is 4.27. The van der Waals surface area contributed by atoms with Crippen LogP contribution in [0.1, 0.15) is 18.5 Å². The van der Waals surface area contributed by atoms with Crippen molar-refractivity contribution in [3.8, 4) is 5.75 Å². The van der Waals surface area contributed by atoms with Crippen LogP contribution in [0.25, 0.3) is 10.8 Å². The van der Waals surface area contributed by atoms with Crippen LogP contribution in [-0.4, -0.2) is 20.1 Å². The molecule has 0 aliphatic carbocycles. The molecule has 1 unspecified atom stereocenters. The van der Waals surface area contributed by atoms with E-state index in [4.69, 9.17) is 4.74 Å². The van der Waals surface area contributed by atoms with Crippen molar-refractivity contribution in [2.45, 2.75) is 19.4 Å². The average molecular weight is 265 g/mol. The Balaban J connectivity index is 2.60. The van der Waals surface area contributed by atoms with Crippen molar-refractivity contribution in [1.82, 2.24) is 5.32 Å². The minimum atomic E-state index is -2.45. The fourth-order valence-corrected chi connectivity index (χ4v) is 2.30. The number of nitrogens with one attached hydrogen (secondary N) is 1. The van der Waals surface area contributed by atoms with Gasteiger partial charge in [-0.25, -0.2) is 8.78 Å². The number of alkyl halides is 2. The highest BCUT2D eigenvalue weighted by atomic mass is 19.3. The molecule has 0 spiro atoms. The van der Waals surface area contributed by atoms with Gasteiger partial charge in [0.15, 0.2) is 0 Å². The topological polar surface area (TPSA) is 21.3 Å². The summed E-state index contributed by atoms with van der Waals surface area (Å²) < 4.78 is 31.7. The zero-order chi connectivity index (χ0) is 13.8. The summed E-state index contributed by atoms with van der Waals surface area (Å²) in [4.78, 5) is 0. The number of hydrogen-bond donors (Lipinski definition) is 1. The maximum Gasteiger partial charge on any atom is 0.257 e. The van der Waals surface area contributed by atoms with Crippen LogP contribution in [-0.2, 0) is 0 Å². The van der Waals surface area contributed by atoms with Crippen LogP contribution in [0.4, 0.5) is 8.78 Å². The van der Waals surface area contributed by atoms with E-state index in [0.717, 1.165) is 10.8 Å². The third-order valence-corrected chi connectivity index (χ3v) is 3.15. The molecule has 4 heteroatoms. The molecule has 0 aliphatic heterocycles. The van der Waals surface area contributed by atoms with Gasteiger partial charge in [0, 0.05) is 5.39 Å². The molecule has 0 fully saturated rings. The van der Waals surface area contributed by atoms with Crippen molar-refractivity contribution >= 4 is 10.8 Å². The van der Waals surface area contributed by atoms with Gasteiger partial charge < -0.3 is 10.1 Å². The van der Waals surface area contributed by atoms with E-state index < -0.39 is 12.5 Å². The van der Waals surface area contributed by atoms with Crippen molar-refractivity contribution < 1.29 is 13.5 Å². The normalized spacial score (nSPS) is 12.9.